The van der Waals surface area contributed by atoms with E-state index in [1.807, 2.05) is 65.2 Å². The van der Waals surface area contributed by atoms with Crippen LogP contribution in [0.5, 0.6) is 11.5 Å². The number of aromatic nitrogens is 3. The van der Waals surface area contributed by atoms with Crippen LogP contribution in [0.1, 0.15) is 42.9 Å². The zero-order valence-corrected chi connectivity index (χ0v) is 17.8. The highest BCUT2D eigenvalue weighted by Crippen LogP contribution is 2.44. The Morgan fingerprint density at radius 1 is 1.03 bits per heavy atom. The second kappa shape index (κ2) is 8.85. The van der Waals surface area contributed by atoms with E-state index in [1.54, 1.807) is 6.08 Å². The fourth-order valence-corrected chi connectivity index (χ4v) is 4.69. The van der Waals surface area contributed by atoms with Crippen LogP contribution < -0.4 is 10.5 Å². The van der Waals surface area contributed by atoms with Crippen LogP contribution in [0.15, 0.2) is 67.0 Å². The fourth-order valence-electron chi connectivity index (χ4n) is 4.69. The molecule has 0 spiro atoms. The predicted octanol–water partition coefficient (Wildman–Crippen LogP) is 5.43. The summed E-state index contributed by atoms with van der Waals surface area (Å²) in [5, 5.41) is 14.1. The first-order valence-corrected chi connectivity index (χ1v) is 11.0. The van der Waals surface area contributed by atoms with Crippen LogP contribution in [-0.4, -0.2) is 26.3 Å². The number of anilines is 1. The maximum absolute atomic E-state index is 9.49. The van der Waals surface area contributed by atoms with Crippen molar-refractivity contribution in [1.29, 1.82) is 0 Å². The summed E-state index contributed by atoms with van der Waals surface area (Å²) in [6, 6.07) is 17.7. The van der Waals surface area contributed by atoms with Crippen molar-refractivity contribution in [2.75, 3.05) is 12.3 Å². The minimum atomic E-state index is -0.0270. The Morgan fingerprint density at radius 2 is 1.75 bits per heavy atom. The number of ether oxygens (including phenoxy) is 1. The molecule has 3 N–H and O–H groups in total. The molecule has 0 unspecified atom stereocenters. The molecule has 2 heterocycles. The maximum atomic E-state index is 9.49. The highest BCUT2D eigenvalue weighted by Gasteiger charge is 2.28. The quantitative estimate of drug-likeness (QED) is 0.429. The monoisotopic (exact) mass is 426 g/mol. The number of nitrogen functional groups attached to an aromatic ring is 1. The summed E-state index contributed by atoms with van der Waals surface area (Å²) in [6.07, 6.45) is 9.95. The topological polar surface area (TPSA) is 85.7 Å². The molecule has 2 aromatic carbocycles. The number of nitrogens with zero attached hydrogens (tertiary/aromatic N) is 3. The number of hydrogen-bond acceptors (Lipinski definition) is 5. The summed E-state index contributed by atoms with van der Waals surface area (Å²) in [7, 11) is 0. The van der Waals surface area contributed by atoms with Crippen molar-refractivity contribution in [2.24, 2.45) is 0 Å². The summed E-state index contributed by atoms with van der Waals surface area (Å²) in [5.41, 5.74) is 11.4. The van der Waals surface area contributed by atoms with E-state index >= 15 is 0 Å². The summed E-state index contributed by atoms with van der Waals surface area (Å²) in [6.45, 7) is -0.0270. The number of aliphatic hydroxyl groups excluding tert-OH is 1. The molecule has 0 bridgehead atoms. The highest BCUT2D eigenvalue weighted by molar-refractivity contribution is 5.95. The second-order valence-electron chi connectivity index (χ2n) is 8.09. The molecule has 1 saturated carbocycles. The Kier molecular flexibility index (Phi) is 5.60. The molecule has 32 heavy (non-hydrogen) atoms. The number of benzene rings is 2. The van der Waals surface area contributed by atoms with Crippen molar-refractivity contribution in [1.82, 2.24) is 14.6 Å². The molecule has 0 amide bonds. The van der Waals surface area contributed by atoms with Crippen molar-refractivity contribution < 1.29 is 9.84 Å². The summed E-state index contributed by atoms with van der Waals surface area (Å²) in [4.78, 5) is 4.28. The van der Waals surface area contributed by atoms with E-state index in [1.165, 1.54) is 19.2 Å². The predicted molar refractivity (Wildman–Crippen MR) is 127 cm³/mol. The van der Waals surface area contributed by atoms with E-state index in [-0.39, 0.29) is 6.61 Å². The maximum Gasteiger partial charge on any atom is 0.152 e. The summed E-state index contributed by atoms with van der Waals surface area (Å²) in [5.74, 6) is 2.41. The van der Waals surface area contributed by atoms with Gasteiger partial charge in [-0.25, -0.2) is 9.50 Å². The number of fused-ring (bicyclic) bond motifs is 1. The Morgan fingerprint density at radius 3 is 2.47 bits per heavy atom. The molecule has 1 aliphatic rings. The molecular weight excluding hydrogens is 400 g/mol. The average Bonchev–Trinajstić information content (AvgIpc) is 3.45. The molecule has 4 aromatic rings. The highest BCUT2D eigenvalue weighted by atomic mass is 16.5. The standard InChI is InChI=1S/C26H26N4O2/c27-26-25-23(18-12-14-21(15-13-18)32-20-9-2-1-3-10-20)22(11-6-16-31)24(19-7-4-5-8-19)30(25)29-17-28-26/h1-3,6,9-15,17,19,31H,4-5,7-8,16H2,(H2,27,28,29)/b11-6+. The first-order valence-electron chi connectivity index (χ1n) is 11.0. The van der Waals surface area contributed by atoms with E-state index < -0.39 is 0 Å². The van der Waals surface area contributed by atoms with Gasteiger partial charge in [-0.05, 0) is 42.7 Å². The number of aliphatic hydroxyl groups is 1. The van der Waals surface area contributed by atoms with Gasteiger partial charge in [-0.3, -0.25) is 0 Å². The summed E-state index contributed by atoms with van der Waals surface area (Å²) >= 11 is 0. The Hall–Kier alpha value is -3.64. The van der Waals surface area contributed by atoms with Crippen LogP contribution in [0.2, 0.25) is 0 Å². The molecule has 0 radical (unpaired) electrons. The minimum absolute atomic E-state index is 0.0270. The first kappa shape index (κ1) is 20.3. The zero-order valence-electron chi connectivity index (χ0n) is 17.8. The molecule has 162 valence electrons. The summed E-state index contributed by atoms with van der Waals surface area (Å²) < 4.78 is 7.92. The molecule has 0 atom stereocenters. The SMILES string of the molecule is Nc1ncnn2c(C3CCCC3)c(/C=C/CO)c(-c3ccc(Oc4ccccc4)cc3)c12. The van der Waals surface area contributed by atoms with Crippen LogP contribution in [0.4, 0.5) is 5.82 Å². The number of nitrogens with two attached hydrogens (primary N) is 1. The lowest BCUT2D eigenvalue weighted by Crippen LogP contribution is -2.05. The number of hydrogen-bond donors (Lipinski definition) is 2. The molecule has 2 aromatic heterocycles. The van der Waals surface area contributed by atoms with Gasteiger partial charge in [0.25, 0.3) is 0 Å². The van der Waals surface area contributed by atoms with Crippen molar-refractivity contribution in [3.05, 3.63) is 78.3 Å². The third-order valence-corrected chi connectivity index (χ3v) is 6.08. The van der Waals surface area contributed by atoms with Gasteiger partial charge in [-0.2, -0.15) is 5.10 Å². The minimum Gasteiger partial charge on any atom is -0.457 e. The second-order valence-corrected chi connectivity index (χ2v) is 8.09. The molecule has 1 aliphatic carbocycles. The van der Waals surface area contributed by atoms with Gasteiger partial charge in [0, 0.05) is 17.0 Å². The van der Waals surface area contributed by atoms with Gasteiger partial charge in [-0.1, -0.05) is 55.3 Å². The van der Waals surface area contributed by atoms with Crippen LogP contribution in [-0.2, 0) is 0 Å². The van der Waals surface area contributed by atoms with Gasteiger partial charge in [0.1, 0.15) is 23.3 Å². The smallest absolute Gasteiger partial charge is 0.152 e. The average molecular weight is 427 g/mol. The van der Waals surface area contributed by atoms with Crippen molar-refractivity contribution in [3.63, 3.8) is 0 Å². The van der Waals surface area contributed by atoms with Crippen molar-refractivity contribution >= 4 is 17.4 Å². The van der Waals surface area contributed by atoms with Crippen LogP contribution in [0.25, 0.3) is 22.7 Å². The molecule has 6 nitrogen and oxygen atoms in total. The van der Waals surface area contributed by atoms with Gasteiger partial charge in [-0.15, -0.1) is 0 Å². The molecule has 5 rings (SSSR count). The molecule has 1 fully saturated rings. The molecule has 6 heteroatoms. The Bertz CT molecular complexity index is 1240. The molecular formula is C26H26N4O2. The number of rotatable bonds is 6. The van der Waals surface area contributed by atoms with Crippen LogP contribution in [0.3, 0.4) is 0 Å². The lowest BCUT2D eigenvalue weighted by atomic mass is 9.94. The van der Waals surface area contributed by atoms with Gasteiger partial charge in [0.2, 0.25) is 0 Å². The van der Waals surface area contributed by atoms with E-state index in [0.717, 1.165) is 52.2 Å². The lowest BCUT2D eigenvalue weighted by Gasteiger charge is -2.11. The van der Waals surface area contributed by atoms with E-state index in [9.17, 15) is 5.11 Å². The number of para-hydroxylation sites is 1. The third-order valence-electron chi connectivity index (χ3n) is 6.08. The van der Waals surface area contributed by atoms with Gasteiger partial charge in [0.05, 0.1) is 12.3 Å². The van der Waals surface area contributed by atoms with E-state index in [4.69, 9.17) is 10.5 Å². The fraction of sp³-hybridized carbons (Fsp3) is 0.231. The largest absolute Gasteiger partial charge is 0.457 e. The van der Waals surface area contributed by atoms with Gasteiger partial charge in [0.15, 0.2) is 5.82 Å². The zero-order chi connectivity index (χ0) is 21.9. The third kappa shape index (κ3) is 3.74. The molecule has 0 aliphatic heterocycles. The van der Waals surface area contributed by atoms with Crippen molar-refractivity contribution in [3.8, 4) is 22.6 Å². The first-order chi connectivity index (χ1) is 15.8. The van der Waals surface area contributed by atoms with Crippen LogP contribution in [0, 0.1) is 0 Å². The van der Waals surface area contributed by atoms with Gasteiger partial charge >= 0.3 is 0 Å². The lowest BCUT2D eigenvalue weighted by molar-refractivity contribution is 0.343. The molecule has 0 saturated heterocycles. The Labute approximate surface area is 187 Å². The normalized spacial score (nSPS) is 14.5. The Balaban J connectivity index is 1.65. The van der Waals surface area contributed by atoms with Crippen LogP contribution >= 0.6 is 0 Å². The van der Waals surface area contributed by atoms with Crippen molar-refractivity contribution in [2.45, 2.75) is 31.6 Å². The van der Waals surface area contributed by atoms with Gasteiger partial charge < -0.3 is 15.6 Å². The van der Waals surface area contributed by atoms with E-state index in [0.29, 0.717) is 11.7 Å². The van der Waals surface area contributed by atoms with E-state index in [2.05, 4.69) is 10.1 Å².